The van der Waals surface area contributed by atoms with Gasteiger partial charge in [-0.2, -0.15) is 0 Å². The molecule has 1 aromatic heterocycles. The molecule has 0 spiro atoms. The zero-order chi connectivity index (χ0) is 10.3. The maximum Gasteiger partial charge on any atom is 0.0931 e. The molecule has 2 unspecified atom stereocenters. The molecule has 2 saturated carbocycles. The van der Waals surface area contributed by atoms with Gasteiger partial charge in [0, 0.05) is 10.9 Å². The molecule has 0 amide bonds. The molecule has 1 aromatic rings. The highest BCUT2D eigenvalue weighted by atomic mass is 35.5. The zero-order valence-corrected chi connectivity index (χ0v) is 10.3. The van der Waals surface area contributed by atoms with E-state index in [-0.39, 0.29) is 0 Å². The van der Waals surface area contributed by atoms with Gasteiger partial charge in [-0.15, -0.1) is 11.3 Å². The van der Waals surface area contributed by atoms with Crippen LogP contribution in [-0.4, -0.2) is 12.6 Å². The van der Waals surface area contributed by atoms with Gasteiger partial charge in [0.05, 0.1) is 4.34 Å². The predicted octanol–water partition coefficient (Wildman–Crippen LogP) is 3.65. The van der Waals surface area contributed by atoms with Crippen molar-refractivity contribution in [2.24, 2.45) is 5.92 Å². The Balaban J connectivity index is 1.57. The Morgan fingerprint density at radius 3 is 2.67 bits per heavy atom. The van der Waals surface area contributed by atoms with Crippen LogP contribution in [0, 0.1) is 5.92 Å². The minimum absolute atomic E-state index is 0.786. The largest absolute Gasteiger partial charge is 0.314 e. The van der Waals surface area contributed by atoms with Gasteiger partial charge in [-0.25, -0.2) is 0 Å². The first-order chi connectivity index (χ1) is 7.33. The van der Waals surface area contributed by atoms with E-state index in [0.29, 0.717) is 0 Å². The van der Waals surface area contributed by atoms with Crippen LogP contribution >= 0.6 is 22.9 Å². The van der Waals surface area contributed by atoms with Gasteiger partial charge >= 0.3 is 0 Å². The molecule has 1 nitrogen and oxygen atoms in total. The number of nitrogens with one attached hydrogen (secondary N) is 1. The molecule has 2 atom stereocenters. The third-order valence-electron chi connectivity index (χ3n) is 3.62. The van der Waals surface area contributed by atoms with Crippen LogP contribution in [0.15, 0.2) is 12.1 Å². The van der Waals surface area contributed by atoms with Gasteiger partial charge in [0.15, 0.2) is 0 Å². The van der Waals surface area contributed by atoms with Crippen LogP contribution in [0.4, 0.5) is 0 Å². The lowest BCUT2D eigenvalue weighted by molar-refractivity contribution is 0.248. The molecule has 3 heteroatoms. The molecule has 82 valence electrons. The lowest BCUT2D eigenvalue weighted by Gasteiger charge is -2.36. The number of hydrogen-bond donors (Lipinski definition) is 1. The summed E-state index contributed by atoms with van der Waals surface area (Å²) in [7, 11) is 0. The van der Waals surface area contributed by atoms with Crippen molar-refractivity contribution in [1.29, 1.82) is 0 Å². The van der Waals surface area contributed by atoms with Gasteiger partial charge in [-0.05, 0) is 56.2 Å². The normalized spacial score (nSPS) is 30.2. The molecule has 15 heavy (non-hydrogen) atoms. The smallest absolute Gasteiger partial charge is 0.0931 e. The van der Waals surface area contributed by atoms with Crippen LogP contribution in [0.2, 0.25) is 4.34 Å². The highest BCUT2D eigenvalue weighted by Gasteiger charge is 2.34. The Kier molecular flexibility index (Phi) is 2.75. The average molecular weight is 242 g/mol. The number of hydrogen-bond acceptors (Lipinski definition) is 2. The summed E-state index contributed by atoms with van der Waals surface area (Å²) in [5, 5.41) is 3.64. The summed E-state index contributed by atoms with van der Waals surface area (Å²) in [5.74, 6) is 1.65. The van der Waals surface area contributed by atoms with Crippen molar-refractivity contribution in [2.75, 3.05) is 6.54 Å². The summed E-state index contributed by atoms with van der Waals surface area (Å²) >= 11 is 7.74. The zero-order valence-electron chi connectivity index (χ0n) is 8.71. The van der Waals surface area contributed by atoms with Gasteiger partial charge in [0.25, 0.3) is 0 Å². The van der Waals surface area contributed by atoms with Crippen molar-refractivity contribution >= 4 is 22.9 Å². The van der Waals surface area contributed by atoms with Gasteiger partial charge in [-0.3, -0.25) is 0 Å². The highest BCUT2D eigenvalue weighted by molar-refractivity contribution is 7.16. The van der Waals surface area contributed by atoms with E-state index < -0.39 is 0 Å². The lowest BCUT2D eigenvalue weighted by Crippen LogP contribution is -2.34. The fourth-order valence-corrected chi connectivity index (χ4v) is 3.61. The molecule has 0 aromatic carbocycles. The van der Waals surface area contributed by atoms with E-state index >= 15 is 0 Å². The van der Waals surface area contributed by atoms with Crippen LogP contribution in [-0.2, 0) is 0 Å². The standard InChI is InChI=1S/C12H16ClNS/c13-12-6-5-11(15-12)10-4-1-8(10)7-14-9-2-3-9/h5-6,8-10,14H,1-4,7H2. The van der Waals surface area contributed by atoms with Crippen molar-refractivity contribution < 1.29 is 0 Å². The number of rotatable bonds is 4. The van der Waals surface area contributed by atoms with Gasteiger partial charge in [-0.1, -0.05) is 11.6 Å². The van der Waals surface area contributed by atoms with E-state index in [9.17, 15) is 0 Å². The quantitative estimate of drug-likeness (QED) is 0.849. The second kappa shape index (κ2) is 4.08. The first kappa shape index (κ1) is 10.1. The monoisotopic (exact) mass is 241 g/mol. The van der Waals surface area contributed by atoms with Gasteiger partial charge in [0.2, 0.25) is 0 Å². The summed E-state index contributed by atoms with van der Waals surface area (Å²) < 4.78 is 0.936. The Bertz CT molecular complexity index is 345. The maximum absolute atomic E-state index is 5.97. The van der Waals surface area contributed by atoms with Gasteiger partial charge < -0.3 is 5.32 Å². The summed E-state index contributed by atoms with van der Waals surface area (Å²) in [6.45, 7) is 1.21. The second-order valence-electron chi connectivity index (χ2n) is 4.77. The van der Waals surface area contributed by atoms with Crippen molar-refractivity contribution in [2.45, 2.75) is 37.6 Å². The first-order valence-electron chi connectivity index (χ1n) is 5.81. The molecular formula is C12H16ClNS. The molecule has 1 heterocycles. The first-order valence-corrected chi connectivity index (χ1v) is 7.01. The molecule has 2 fully saturated rings. The number of halogens is 1. The van der Waals surface area contributed by atoms with E-state index in [1.54, 1.807) is 11.3 Å². The molecule has 1 N–H and O–H groups in total. The molecule has 0 saturated heterocycles. The van der Waals surface area contributed by atoms with Crippen molar-refractivity contribution in [3.05, 3.63) is 21.3 Å². The van der Waals surface area contributed by atoms with Crippen LogP contribution < -0.4 is 5.32 Å². The minimum Gasteiger partial charge on any atom is -0.314 e. The van der Waals surface area contributed by atoms with Crippen LogP contribution in [0.1, 0.15) is 36.5 Å². The summed E-state index contributed by atoms with van der Waals surface area (Å²) in [6.07, 6.45) is 5.53. The molecule has 2 aliphatic rings. The minimum atomic E-state index is 0.786. The highest BCUT2D eigenvalue weighted by Crippen LogP contribution is 2.45. The fraction of sp³-hybridized carbons (Fsp3) is 0.667. The van der Waals surface area contributed by atoms with E-state index in [1.807, 2.05) is 6.07 Å². The molecule has 0 radical (unpaired) electrons. The molecule has 3 rings (SSSR count). The lowest BCUT2D eigenvalue weighted by atomic mass is 9.73. The summed E-state index contributed by atoms with van der Waals surface area (Å²) in [6, 6.07) is 5.09. The molecule has 0 aliphatic heterocycles. The summed E-state index contributed by atoms with van der Waals surface area (Å²) in [4.78, 5) is 1.49. The Morgan fingerprint density at radius 1 is 1.27 bits per heavy atom. The third kappa shape index (κ3) is 2.22. The molecule has 0 bridgehead atoms. The van der Waals surface area contributed by atoms with Crippen molar-refractivity contribution in [1.82, 2.24) is 5.32 Å². The van der Waals surface area contributed by atoms with Crippen LogP contribution in [0.3, 0.4) is 0 Å². The van der Waals surface area contributed by atoms with Crippen LogP contribution in [0.5, 0.6) is 0 Å². The fourth-order valence-electron chi connectivity index (χ4n) is 2.32. The van der Waals surface area contributed by atoms with E-state index in [4.69, 9.17) is 11.6 Å². The average Bonchev–Trinajstić information content (AvgIpc) is 2.89. The Morgan fingerprint density at radius 2 is 2.13 bits per heavy atom. The Labute approximate surface area is 99.8 Å². The van der Waals surface area contributed by atoms with Crippen molar-refractivity contribution in [3.8, 4) is 0 Å². The topological polar surface area (TPSA) is 12.0 Å². The molecule has 2 aliphatic carbocycles. The summed E-state index contributed by atoms with van der Waals surface area (Å²) in [5.41, 5.74) is 0. The number of thiophene rings is 1. The third-order valence-corrected chi connectivity index (χ3v) is 4.99. The van der Waals surface area contributed by atoms with E-state index in [0.717, 1.165) is 22.2 Å². The van der Waals surface area contributed by atoms with Crippen molar-refractivity contribution in [3.63, 3.8) is 0 Å². The second-order valence-corrected chi connectivity index (χ2v) is 6.51. The SMILES string of the molecule is Clc1ccc(C2CCC2CNC2CC2)s1. The Hall–Kier alpha value is -0.0500. The van der Waals surface area contributed by atoms with Crippen LogP contribution in [0.25, 0.3) is 0 Å². The molecular weight excluding hydrogens is 226 g/mol. The van der Waals surface area contributed by atoms with Gasteiger partial charge in [0.1, 0.15) is 0 Å². The predicted molar refractivity (Wildman–Crippen MR) is 65.8 cm³/mol. The maximum atomic E-state index is 5.97. The van der Waals surface area contributed by atoms with E-state index in [1.165, 1.54) is 37.1 Å². The van der Waals surface area contributed by atoms with E-state index in [2.05, 4.69) is 11.4 Å².